The van der Waals surface area contributed by atoms with Crippen LogP contribution >= 0.6 is 0 Å². The van der Waals surface area contributed by atoms with Crippen LogP contribution in [0.1, 0.15) is 30.9 Å². The van der Waals surface area contributed by atoms with Gasteiger partial charge in [-0.05, 0) is 12.8 Å². The van der Waals surface area contributed by atoms with E-state index in [1.165, 1.54) is 17.3 Å². The summed E-state index contributed by atoms with van der Waals surface area (Å²) in [5.74, 6) is 0.948. The van der Waals surface area contributed by atoms with Crippen molar-refractivity contribution in [2.75, 3.05) is 0 Å². The van der Waals surface area contributed by atoms with Gasteiger partial charge in [0.1, 0.15) is 6.33 Å². The lowest BCUT2D eigenvalue weighted by Gasteiger charge is -2.24. The van der Waals surface area contributed by atoms with Crippen LogP contribution in [0.5, 0.6) is 0 Å². The number of aromatic nitrogens is 4. The molecule has 0 aromatic carbocycles. The summed E-state index contributed by atoms with van der Waals surface area (Å²) in [6, 6.07) is 1.61. The summed E-state index contributed by atoms with van der Waals surface area (Å²) in [6.07, 6.45) is 5.01. The van der Waals surface area contributed by atoms with Crippen LogP contribution in [-0.4, -0.2) is 19.6 Å². The summed E-state index contributed by atoms with van der Waals surface area (Å²) in [7, 11) is 0. The molecule has 5 nitrogen and oxygen atoms in total. The highest BCUT2D eigenvalue weighted by molar-refractivity contribution is 5.27. The molecule has 1 fully saturated rings. The maximum Gasteiger partial charge on any atom is 0.274 e. The molecule has 0 spiro atoms. The molecule has 0 bridgehead atoms. The van der Waals surface area contributed by atoms with E-state index in [0.29, 0.717) is 11.7 Å². The van der Waals surface area contributed by atoms with E-state index in [9.17, 15) is 4.79 Å². The summed E-state index contributed by atoms with van der Waals surface area (Å²) in [4.78, 5) is 19.9. The van der Waals surface area contributed by atoms with Crippen molar-refractivity contribution in [1.82, 2.24) is 19.6 Å². The van der Waals surface area contributed by atoms with Crippen molar-refractivity contribution in [3.63, 3.8) is 0 Å². The van der Waals surface area contributed by atoms with Gasteiger partial charge in [-0.3, -0.25) is 9.89 Å². The van der Waals surface area contributed by atoms with Crippen LogP contribution in [0.4, 0.5) is 0 Å². The monoisotopic (exact) mass is 190 g/mol. The lowest BCUT2D eigenvalue weighted by molar-refractivity contribution is 0.410. The molecule has 2 heterocycles. The number of fused-ring (bicyclic) bond motifs is 1. The van der Waals surface area contributed by atoms with E-state index in [1.54, 1.807) is 6.07 Å². The van der Waals surface area contributed by atoms with Crippen LogP contribution in [0, 0.1) is 0 Å². The summed E-state index contributed by atoms with van der Waals surface area (Å²) in [5.41, 5.74) is 0.822. The zero-order valence-electron chi connectivity index (χ0n) is 7.60. The minimum absolute atomic E-state index is 0.0746. The molecule has 14 heavy (non-hydrogen) atoms. The van der Waals surface area contributed by atoms with E-state index >= 15 is 0 Å². The van der Waals surface area contributed by atoms with Crippen LogP contribution in [0.25, 0.3) is 5.78 Å². The Morgan fingerprint density at radius 1 is 1.50 bits per heavy atom. The Labute approximate surface area is 79.8 Å². The smallest absolute Gasteiger partial charge is 0.274 e. The number of rotatable bonds is 1. The molecular formula is C9H10N4O. The van der Waals surface area contributed by atoms with Gasteiger partial charge in [0.25, 0.3) is 11.3 Å². The van der Waals surface area contributed by atoms with Crippen LogP contribution in [-0.2, 0) is 0 Å². The fourth-order valence-corrected chi connectivity index (χ4v) is 1.75. The molecule has 72 valence electrons. The van der Waals surface area contributed by atoms with Crippen LogP contribution in [0.15, 0.2) is 17.2 Å². The van der Waals surface area contributed by atoms with E-state index in [0.717, 1.165) is 18.5 Å². The van der Waals surface area contributed by atoms with E-state index < -0.39 is 0 Å². The molecule has 3 rings (SSSR count). The molecule has 0 saturated heterocycles. The summed E-state index contributed by atoms with van der Waals surface area (Å²) in [5, 5.41) is 2.72. The van der Waals surface area contributed by atoms with Crippen LogP contribution in [0.3, 0.4) is 0 Å². The first kappa shape index (κ1) is 7.73. The maximum absolute atomic E-state index is 11.6. The first-order valence-electron chi connectivity index (χ1n) is 4.78. The molecule has 1 saturated carbocycles. The van der Waals surface area contributed by atoms with Crippen molar-refractivity contribution in [3.05, 3.63) is 28.4 Å². The minimum Gasteiger partial charge on any atom is -0.278 e. The third kappa shape index (κ3) is 0.982. The van der Waals surface area contributed by atoms with Crippen molar-refractivity contribution in [2.24, 2.45) is 0 Å². The Morgan fingerprint density at radius 3 is 3.07 bits per heavy atom. The van der Waals surface area contributed by atoms with Gasteiger partial charge in [0.05, 0.1) is 5.69 Å². The number of hydrogen-bond donors (Lipinski definition) is 1. The first-order chi connectivity index (χ1) is 6.84. The van der Waals surface area contributed by atoms with Gasteiger partial charge in [0.15, 0.2) is 0 Å². The average molecular weight is 190 g/mol. The highest BCUT2D eigenvalue weighted by atomic mass is 16.1. The van der Waals surface area contributed by atoms with Gasteiger partial charge in [-0.2, -0.15) is 4.52 Å². The van der Waals surface area contributed by atoms with Gasteiger partial charge in [-0.25, -0.2) is 9.97 Å². The van der Waals surface area contributed by atoms with Gasteiger partial charge >= 0.3 is 0 Å². The number of hydrogen-bond acceptors (Lipinski definition) is 3. The second-order valence-corrected chi connectivity index (χ2v) is 3.67. The van der Waals surface area contributed by atoms with E-state index in [4.69, 9.17) is 0 Å². The van der Waals surface area contributed by atoms with Crippen molar-refractivity contribution < 1.29 is 0 Å². The van der Waals surface area contributed by atoms with Crippen molar-refractivity contribution in [3.8, 4) is 0 Å². The van der Waals surface area contributed by atoms with Crippen LogP contribution in [0.2, 0.25) is 0 Å². The van der Waals surface area contributed by atoms with Gasteiger partial charge in [0.2, 0.25) is 0 Å². The molecule has 0 atom stereocenters. The van der Waals surface area contributed by atoms with Crippen molar-refractivity contribution >= 4 is 5.78 Å². The largest absolute Gasteiger partial charge is 0.278 e. The normalized spacial score (nSPS) is 17.1. The average Bonchev–Trinajstić information content (AvgIpc) is 2.48. The zero-order valence-corrected chi connectivity index (χ0v) is 7.60. The summed E-state index contributed by atoms with van der Waals surface area (Å²) >= 11 is 0. The molecular weight excluding hydrogens is 180 g/mol. The van der Waals surface area contributed by atoms with Gasteiger partial charge in [0, 0.05) is 12.0 Å². The zero-order chi connectivity index (χ0) is 9.54. The predicted octanol–water partition coefficient (Wildman–Crippen LogP) is 0.685. The minimum atomic E-state index is -0.0746. The fraction of sp³-hybridized carbons (Fsp3) is 0.444. The predicted molar refractivity (Wildman–Crippen MR) is 50.2 cm³/mol. The molecule has 1 aliphatic carbocycles. The second-order valence-electron chi connectivity index (χ2n) is 3.67. The maximum atomic E-state index is 11.6. The fourth-order valence-electron chi connectivity index (χ4n) is 1.75. The highest BCUT2D eigenvalue weighted by Gasteiger charge is 2.22. The third-order valence-electron chi connectivity index (χ3n) is 2.81. The second kappa shape index (κ2) is 2.67. The summed E-state index contributed by atoms with van der Waals surface area (Å²) < 4.78 is 1.35. The molecule has 0 unspecified atom stereocenters. The molecule has 1 N–H and O–H groups in total. The Bertz CT molecular complexity index is 523. The van der Waals surface area contributed by atoms with E-state index in [-0.39, 0.29) is 5.56 Å². The standard InChI is InChI=1S/C9H10N4O/c14-8-4-7(6-2-1-3-6)12-9-10-5-11-13(8)9/h4-6H,1-3H2,(H,10,11,12). The van der Waals surface area contributed by atoms with Crippen molar-refractivity contribution in [1.29, 1.82) is 0 Å². The number of nitrogens with one attached hydrogen (secondary N) is 1. The van der Waals surface area contributed by atoms with Gasteiger partial charge in [-0.15, -0.1) is 0 Å². The van der Waals surface area contributed by atoms with Gasteiger partial charge < -0.3 is 0 Å². The molecule has 5 heteroatoms. The van der Waals surface area contributed by atoms with Crippen molar-refractivity contribution in [2.45, 2.75) is 25.2 Å². The number of aromatic amines is 1. The molecule has 0 amide bonds. The van der Waals surface area contributed by atoms with E-state index in [2.05, 4.69) is 15.1 Å². The lowest BCUT2D eigenvalue weighted by Crippen LogP contribution is -2.19. The Morgan fingerprint density at radius 2 is 2.36 bits per heavy atom. The molecule has 2 aromatic rings. The number of nitrogens with zero attached hydrogens (tertiary/aromatic N) is 3. The summed E-state index contributed by atoms with van der Waals surface area (Å²) in [6.45, 7) is 0. The Balaban J connectivity index is 2.21. The quantitative estimate of drug-likeness (QED) is 0.719. The van der Waals surface area contributed by atoms with Crippen LogP contribution < -0.4 is 5.56 Å². The third-order valence-corrected chi connectivity index (χ3v) is 2.81. The Hall–Kier alpha value is -1.65. The van der Waals surface area contributed by atoms with Gasteiger partial charge in [-0.1, -0.05) is 6.42 Å². The highest BCUT2D eigenvalue weighted by Crippen LogP contribution is 2.34. The number of H-pyrrole nitrogens is 1. The van der Waals surface area contributed by atoms with E-state index in [1.807, 2.05) is 0 Å². The molecule has 1 aliphatic rings. The topological polar surface area (TPSA) is 63.0 Å². The first-order valence-corrected chi connectivity index (χ1v) is 4.78. The Kier molecular flexibility index (Phi) is 1.47. The molecule has 2 aromatic heterocycles. The SMILES string of the molecule is O=c1cc(C2CCC2)nc2nc[nH]n12. The lowest BCUT2D eigenvalue weighted by atomic mass is 9.83. The molecule has 0 radical (unpaired) electrons. The molecule has 0 aliphatic heterocycles.